The monoisotopic (exact) mass is 293 g/mol. The summed E-state index contributed by atoms with van der Waals surface area (Å²) in [6.45, 7) is 0. The van der Waals surface area contributed by atoms with Crippen molar-refractivity contribution in [1.82, 2.24) is 4.98 Å². The van der Waals surface area contributed by atoms with E-state index >= 15 is 0 Å². The summed E-state index contributed by atoms with van der Waals surface area (Å²) >= 11 is 3.65. The second kappa shape index (κ2) is 6.25. The number of aliphatic hydroxyl groups excluding tert-OH is 1. The Kier molecular flexibility index (Phi) is 4.41. The minimum Gasteiger partial charge on any atom is -0.392 e. The molecule has 0 spiro atoms. The van der Waals surface area contributed by atoms with Crippen LogP contribution in [0.15, 0.2) is 24.3 Å². The van der Waals surface area contributed by atoms with Crippen molar-refractivity contribution in [3.8, 4) is 0 Å². The summed E-state index contributed by atoms with van der Waals surface area (Å²) in [7, 11) is 0. The highest BCUT2D eigenvalue weighted by molar-refractivity contribution is 7.99. The van der Waals surface area contributed by atoms with Crippen LogP contribution in [0.4, 0.5) is 0 Å². The van der Waals surface area contributed by atoms with Gasteiger partial charge in [-0.15, -0.1) is 11.3 Å². The molecule has 4 heteroatoms. The maximum atomic E-state index is 10.1. The van der Waals surface area contributed by atoms with Crippen molar-refractivity contribution < 1.29 is 5.11 Å². The van der Waals surface area contributed by atoms with Gasteiger partial charge in [-0.1, -0.05) is 25.0 Å². The number of thioether (sulfide) groups is 1. The van der Waals surface area contributed by atoms with Crippen LogP contribution in [0.5, 0.6) is 0 Å². The second-order valence-electron chi connectivity index (χ2n) is 5.17. The van der Waals surface area contributed by atoms with E-state index in [9.17, 15) is 5.11 Å². The Balaban J connectivity index is 1.54. The van der Waals surface area contributed by atoms with Crippen LogP contribution in [0.3, 0.4) is 0 Å². The summed E-state index contributed by atoms with van der Waals surface area (Å²) in [5.41, 5.74) is 1.05. The standard InChI is InChI=1S/C15H19NOS2/c17-11(10-18-12-5-1-2-6-12)9-15-16-13-7-3-4-8-14(13)19-15/h3-4,7-8,11-12,17H,1-2,5-6,9-10H2. The van der Waals surface area contributed by atoms with Gasteiger partial charge in [-0.05, 0) is 25.0 Å². The topological polar surface area (TPSA) is 33.1 Å². The maximum absolute atomic E-state index is 10.1. The number of aromatic nitrogens is 1. The predicted octanol–water partition coefficient (Wildman–Crippen LogP) is 3.88. The molecule has 0 bridgehead atoms. The number of aliphatic hydroxyl groups is 1. The molecule has 0 amide bonds. The number of thiazole rings is 1. The van der Waals surface area contributed by atoms with Crippen molar-refractivity contribution in [2.24, 2.45) is 0 Å². The van der Waals surface area contributed by atoms with E-state index in [0.717, 1.165) is 21.5 Å². The van der Waals surface area contributed by atoms with E-state index < -0.39 is 0 Å². The first kappa shape index (κ1) is 13.4. The molecule has 1 aliphatic carbocycles. The summed E-state index contributed by atoms with van der Waals surface area (Å²) in [5, 5.41) is 12.0. The van der Waals surface area contributed by atoms with E-state index in [1.54, 1.807) is 11.3 Å². The SMILES string of the molecule is OC(CSC1CCCC1)Cc1nc2ccccc2s1. The van der Waals surface area contributed by atoms with Gasteiger partial charge in [0.15, 0.2) is 0 Å². The van der Waals surface area contributed by atoms with Gasteiger partial charge >= 0.3 is 0 Å². The number of hydrogen-bond acceptors (Lipinski definition) is 4. The Morgan fingerprint density at radius 1 is 1.32 bits per heavy atom. The van der Waals surface area contributed by atoms with Gasteiger partial charge in [-0.2, -0.15) is 11.8 Å². The fourth-order valence-electron chi connectivity index (χ4n) is 2.57. The van der Waals surface area contributed by atoms with Crippen molar-refractivity contribution in [1.29, 1.82) is 0 Å². The van der Waals surface area contributed by atoms with Gasteiger partial charge in [0.05, 0.1) is 21.3 Å². The van der Waals surface area contributed by atoms with Crippen molar-refractivity contribution in [2.75, 3.05) is 5.75 Å². The first-order valence-electron chi connectivity index (χ1n) is 6.95. The van der Waals surface area contributed by atoms with Gasteiger partial charge in [-0.25, -0.2) is 4.98 Å². The number of hydrogen-bond donors (Lipinski definition) is 1. The number of benzene rings is 1. The van der Waals surface area contributed by atoms with Crippen molar-refractivity contribution in [3.63, 3.8) is 0 Å². The highest BCUT2D eigenvalue weighted by Gasteiger charge is 2.17. The fourth-order valence-corrected chi connectivity index (χ4v) is 4.89. The van der Waals surface area contributed by atoms with Gasteiger partial charge < -0.3 is 5.11 Å². The number of fused-ring (bicyclic) bond motifs is 1. The molecule has 1 fully saturated rings. The van der Waals surface area contributed by atoms with Crippen LogP contribution in [-0.4, -0.2) is 27.2 Å². The lowest BCUT2D eigenvalue weighted by molar-refractivity contribution is 0.200. The molecule has 1 unspecified atom stereocenters. The van der Waals surface area contributed by atoms with E-state index in [4.69, 9.17) is 0 Å². The highest BCUT2D eigenvalue weighted by atomic mass is 32.2. The molecule has 0 radical (unpaired) electrons. The molecule has 1 N–H and O–H groups in total. The average Bonchev–Trinajstić information content (AvgIpc) is 3.04. The molecule has 1 aromatic carbocycles. The lowest BCUT2D eigenvalue weighted by atomic mass is 10.3. The Hall–Kier alpha value is -0.580. The summed E-state index contributed by atoms with van der Waals surface area (Å²) in [6.07, 6.45) is 5.83. The van der Waals surface area contributed by atoms with Gasteiger partial charge in [-0.3, -0.25) is 0 Å². The van der Waals surface area contributed by atoms with Crippen LogP contribution >= 0.6 is 23.1 Å². The minimum absolute atomic E-state index is 0.258. The summed E-state index contributed by atoms with van der Waals surface area (Å²) in [4.78, 5) is 4.58. The van der Waals surface area contributed by atoms with Gasteiger partial charge in [0.2, 0.25) is 0 Å². The van der Waals surface area contributed by atoms with Gasteiger partial charge in [0.25, 0.3) is 0 Å². The van der Waals surface area contributed by atoms with E-state index in [1.165, 1.54) is 30.4 Å². The van der Waals surface area contributed by atoms with Crippen LogP contribution < -0.4 is 0 Å². The number of para-hydroxylation sites is 1. The highest BCUT2D eigenvalue weighted by Crippen LogP contribution is 2.30. The Labute approximate surface area is 122 Å². The predicted molar refractivity (Wildman–Crippen MR) is 84.0 cm³/mol. The largest absolute Gasteiger partial charge is 0.392 e. The molecule has 1 aliphatic rings. The van der Waals surface area contributed by atoms with E-state index in [1.807, 2.05) is 30.0 Å². The number of nitrogens with zero attached hydrogens (tertiary/aromatic N) is 1. The van der Waals surface area contributed by atoms with Gasteiger partial charge in [0, 0.05) is 17.4 Å². The molecule has 3 rings (SSSR count). The van der Waals surface area contributed by atoms with E-state index in [2.05, 4.69) is 11.1 Å². The van der Waals surface area contributed by atoms with Crippen molar-refractivity contribution in [3.05, 3.63) is 29.3 Å². The molecule has 19 heavy (non-hydrogen) atoms. The maximum Gasteiger partial charge on any atom is 0.0964 e. The molecule has 1 aromatic heterocycles. The van der Waals surface area contributed by atoms with Crippen LogP contribution in [0.1, 0.15) is 30.7 Å². The molecular weight excluding hydrogens is 274 g/mol. The first-order valence-corrected chi connectivity index (χ1v) is 8.82. The lowest BCUT2D eigenvalue weighted by Gasteiger charge is -2.12. The first-order chi connectivity index (χ1) is 9.31. The molecule has 0 saturated heterocycles. The molecule has 1 heterocycles. The van der Waals surface area contributed by atoms with E-state index in [-0.39, 0.29) is 6.10 Å². The summed E-state index contributed by atoms with van der Waals surface area (Å²) < 4.78 is 1.22. The molecule has 1 atom stereocenters. The molecule has 2 nitrogen and oxygen atoms in total. The molecular formula is C15H19NOS2. The third kappa shape index (κ3) is 3.50. The summed E-state index contributed by atoms with van der Waals surface area (Å²) in [5.74, 6) is 0.848. The average molecular weight is 293 g/mol. The lowest BCUT2D eigenvalue weighted by Crippen LogP contribution is -2.15. The quantitative estimate of drug-likeness (QED) is 0.908. The van der Waals surface area contributed by atoms with Crippen LogP contribution in [-0.2, 0) is 6.42 Å². The Morgan fingerprint density at radius 2 is 2.11 bits per heavy atom. The zero-order valence-corrected chi connectivity index (χ0v) is 12.6. The third-order valence-corrected chi connectivity index (χ3v) is 6.15. The van der Waals surface area contributed by atoms with Crippen molar-refractivity contribution in [2.45, 2.75) is 43.5 Å². The van der Waals surface area contributed by atoms with Crippen LogP contribution in [0.25, 0.3) is 10.2 Å². The fraction of sp³-hybridized carbons (Fsp3) is 0.533. The second-order valence-corrected chi connectivity index (χ2v) is 7.62. The zero-order valence-electron chi connectivity index (χ0n) is 10.9. The number of rotatable bonds is 5. The normalized spacial score (nSPS) is 18.2. The smallest absolute Gasteiger partial charge is 0.0964 e. The Bertz CT molecular complexity index is 501. The molecule has 2 aromatic rings. The minimum atomic E-state index is -0.258. The van der Waals surface area contributed by atoms with Crippen molar-refractivity contribution >= 4 is 33.3 Å². The Morgan fingerprint density at radius 3 is 2.89 bits per heavy atom. The van der Waals surface area contributed by atoms with Crippen LogP contribution in [0, 0.1) is 0 Å². The molecule has 0 aliphatic heterocycles. The van der Waals surface area contributed by atoms with Crippen LogP contribution in [0.2, 0.25) is 0 Å². The zero-order chi connectivity index (χ0) is 13.1. The van der Waals surface area contributed by atoms with E-state index in [0.29, 0.717) is 6.42 Å². The summed E-state index contributed by atoms with van der Waals surface area (Å²) in [6, 6.07) is 8.18. The molecule has 1 saturated carbocycles. The third-order valence-electron chi connectivity index (χ3n) is 3.57. The van der Waals surface area contributed by atoms with Gasteiger partial charge in [0.1, 0.15) is 0 Å². The molecule has 102 valence electrons.